The molecule has 0 amide bonds. The van der Waals surface area contributed by atoms with Gasteiger partial charge in [0.2, 0.25) is 0 Å². The first-order valence-corrected chi connectivity index (χ1v) is 8.96. The Morgan fingerprint density at radius 2 is 2.09 bits per heavy atom. The molecule has 0 aromatic carbocycles. The molecule has 4 heterocycles. The van der Waals surface area contributed by atoms with Gasteiger partial charge in [-0.15, -0.1) is 11.3 Å². The molecule has 2 aliphatic rings. The summed E-state index contributed by atoms with van der Waals surface area (Å²) in [6.45, 7) is 8.18. The van der Waals surface area contributed by atoms with Crippen molar-refractivity contribution in [2.45, 2.75) is 25.8 Å². The molecule has 0 radical (unpaired) electrons. The lowest BCUT2D eigenvalue weighted by atomic mass is 10.0. The molecule has 1 atom stereocenters. The van der Waals surface area contributed by atoms with Crippen molar-refractivity contribution in [2.24, 2.45) is 0 Å². The number of piperidine rings is 1. The van der Waals surface area contributed by atoms with E-state index in [1.54, 1.807) is 17.7 Å². The summed E-state index contributed by atoms with van der Waals surface area (Å²) in [5.74, 6) is 1.13. The van der Waals surface area contributed by atoms with Crippen LogP contribution in [0.15, 0.2) is 11.7 Å². The Morgan fingerprint density at radius 1 is 1.23 bits per heavy atom. The standard InChI is InChI=1S/C16H22N4OS/c1-12-10-22-15-14(12)17-11-18-16(15)20-4-2-3-13(9-20)19-5-7-21-8-6-19/h10-11,13H,2-9H2,1H3. The van der Waals surface area contributed by atoms with Gasteiger partial charge in [-0.05, 0) is 30.7 Å². The Hall–Kier alpha value is -1.24. The van der Waals surface area contributed by atoms with Crippen LogP contribution in [0.2, 0.25) is 0 Å². The van der Waals surface area contributed by atoms with E-state index in [1.165, 1.54) is 23.1 Å². The van der Waals surface area contributed by atoms with E-state index in [0.717, 1.165) is 50.7 Å². The highest BCUT2D eigenvalue weighted by Crippen LogP contribution is 2.32. The first-order chi connectivity index (χ1) is 10.8. The largest absolute Gasteiger partial charge is 0.379 e. The van der Waals surface area contributed by atoms with Crippen LogP contribution in [0.3, 0.4) is 0 Å². The number of morpholine rings is 1. The molecule has 0 N–H and O–H groups in total. The van der Waals surface area contributed by atoms with Gasteiger partial charge in [-0.1, -0.05) is 0 Å². The molecule has 0 bridgehead atoms. The molecule has 5 nitrogen and oxygen atoms in total. The predicted octanol–water partition coefficient (Wildman–Crippen LogP) is 2.30. The molecule has 2 aliphatic heterocycles. The average Bonchev–Trinajstić information content (AvgIpc) is 2.97. The third-order valence-electron chi connectivity index (χ3n) is 4.77. The van der Waals surface area contributed by atoms with Gasteiger partial charge in [-0.25, -0.2) is 9.97 Å². The summed E-state index contributed by atoms with van der Waals surface area (Å²) in [5.41, 5.74) is 2.37. The van der Waals surface area contributed by atoms with Crippen LogP contribution >= 0.6 is 11.3 Å². The molecule has 0 saturated carbocycles. The number of rotatable bonds is 2. The van der Waals surface area contributed by atoms with E-state index in [0.29, 0.717) is 6.04 Å². The summed E-state index contributed by atoms with van der Waals surface area (Å²) < 4.78 is 6.73. The van der Waals surface area contributed by atoms with Crippen molar-refractivity contribution in [2.75, 3.05) is 44.3 Å². The lowest BCUT2D eigenvalue weighted by molar-refractivity contribution is 0.0137. The van der Waals surface area contributed by atoms with Crippen LogP contribution < -0.4 is 4.90 Å². The van der Waals surface area contributed by atoms with Crippen molar-refractivity contribution >= 4 is 27.4 Å². The van der Waals surface area contributed by atoms with Crippen molar-refractivity contribution in [3.8, 4) is 0 Å². The number of fused-ring (bicyclic) bond motifs is 1. The second-order valence-electron chi connectivity index (χ2n) is 6.18. The summed E-state index contributed by atoms with van der Waals surface area (Å²) in [5, 5.41) is 2.19. The molecule has 2 aromatic heterocycles. The Balaban J connectivity index is 1.58. The fraction of sp³-hybridized carbons (Fsp3) is 0.625. The quantitative estimate of drug-likeness (QED) is 0.850. The van der Waals surface area contributed by atoms with Crippen molar-refractivity contribution in [1.82, 2.24) is 14.9 Å². The summed E-state index contributed by atoms with van der Waals surface area (Å²) in [6.07, 6.45) is 4.24. The fourth-order valence-corrected chi connectivity index (χ4v) is 4.59. The molecule has 2 aromatic rings. The van der Waals surface area contributed by atoms with E-state index in [1.807, 2.05) is 0 Å². The Kier molecular flexibility index (Phi) is 3.98. The van der Waals surface area contributed by atoms with Gasteiger partial charge in [0.25, 0.3) is 0 Å². The highest BCUT2D eigenvalue weighted by atomic mass is 32.1. The Labute approximate surface area is 134 Å². The lowest BCUT2D eigenvalue weighted by Gasteiger charge is -2.41. The van der Waals surface area contributed by atoms with Gasteiger partial charge in [0.1, 0.15) is 12.1 Å². The second-order valence-corrected chi connectivity index (χ2v) is 7.06. The zero-order chi connectivity index (χ0) is 14.9. The van der Waals surface area contributed by atoms with Crippen molar-refractivity contribution in [1.29, 1.82) is 0 Å². The Morgan fingerprint density at radius 3 is 2.95 bits per heavy atom. The van der Waals surface area contributed by atoms with Crippen LogP contribution in [0, 0.1) is 6.92 Å². The topological polar surface area (TPSA) is 41.5 Å². The predicted molar refractivity (Wildman–Crippen MR) is 89.8 cm³/mol. The maximum Gasteiger partial charge on any atom is 0.150 e. The second kappa shape index (κ2) is 6.10. The van der Waals surface area contributed by atoms with E-state index in [-0.39, 0.29) is 0 Å². The normalized spacial score (nSPS) is 24.0. The third-order valence-corrected chi connectivity index (χ3v) is 5.85. The summed E-state index contributed by atoms with van der Waals surface area (Å²) in [7, 11) is 0. The van der Waals surface area contributed by atoms with Gasteiger partial charge < -0.3 is 9.64 Å². The molecule has 118 valence electrons. The van der Waals surface area contributed by atoms with Crippen LogP contribution in [-0.4, -0.2) is 60.3 Å². The van der Waals surface area contributed by atoms with Gasteiger partial charge in [0.05, 0.1) is 23.4 Å². The number of aromatic nitrogens is 2. The average molecular weight is 318 g/mol. The summed E-state index contributed by atoms with van der Waals surface area (Å²) in [6, 6.07) is 0.628. The van der Waals surface area contributed by atoms with E-state index in [9.17, 15) is 0 Å². The zero-order valence-corrected chi connectivity index (χ0v) is 13.8. The number of anilines is 1. The number of ether oxygens (including phenoxy) is 1. The first kappa shape index (κ1) is 14.4. The van der Waals surface area contributed by atoms with E-state index in [2.05, 4.69) is 32.1 Å². The number of thiophene rings is 1. The Bertz CT molecular complexity index is 653. The molecule has 2 fully saturated rings. The van der Waals surface area contributed by atoms with Crippen molar-refractivity contribution < 1.29 is 4.74 Å². The SMILES string of the molecule is Cc1csc2c(N3CCCC(N4CCOCC4)C3)ncnc12. The molecule has 0 aliphatic carbocycles. The van der Waals surface area contributed by atoms with Gasteiger partial charge in [-0.2, -0.15) is 0 Å². The number of nitrogens with zero attached hydrogens (tertiary/aromatic N) is 4. The first-order valence-electron chi connectivity index (χ1n) is 8.08. The number of hydrogen-bond donors (Lipinski definition) is 0. The molecule has 6 heteroatoms. The monoisotopic (exact) mass is 318 g/mol. The third kappa shape index (κ3) is 2.59. The highest BCUT2D eigenvalue weighted by Gasteiger charge is 2.28. The van der Waals surface area contributed by atoms with Crippen LogP contribution in [-0.2, 0) is 4.74 Å². The minimum absolute atomic E-state index is 0.628. The minimum Gasteiger partial charge on any atom is -0.379 e. The summed E-state index contributed by atoms with van der Waals surface area (Å²) in [4.78, 5) is 14.1. The smallest absolute Gasteiger partial charge is 0.150 e. The molecule has 22 heavy (non-hydrogen) atoms. The number of aryl methyl sites for hydroxylation is 1. The molecular formula is C16H22N4OS. The molecule has 4 rings (SSSR count). The van der Waals surface area contributed by atoms with Gasteiger partial charge in [0.15, 0.2) is 0 Å². The number of hydrogen-bond acceptors (Lipinski definition) is 6. The maximum atomic E-state index is 5.49. The molecule has 2 saturated heterocycles. The molecular weight excluding hydrogens is 296 g/mol. The molecule has 0 spiro atoms. The van der Waals surface area contributed by atoms with E-state index in [4.69, 9.17) is 4.74 Å². The lowest BCUT2D eigenvalue weighted by Crippen LogP contribution is -2.51. The maximum absolute atomic E-state index is 5.49. The van der Waals surface area contributed by atoms with Crippen molar-refractivity contribution in [3.63, 3.8) is 0 Å². The van der Waals surface area contributed by atoms with E-state index >= 15 is 0 Å². The molecule has 1 unspecified atom stereocenters. The summed E-state index contributed by atoms with van der Waals surface area (Å²) >= 11 is 1.77. The van der Waals surface area contributed by atoms with Crippen LogP contribution in [0.5, 0.6) is 0 Å². The van der Waals surface area contributed by atoms with E-state index < -0.39 is 0 Å². The van der Waals surface area contributed by atoms with Gasteiger partial charge in [0, 0.05) is 32.2 Å². The highest BCUT2D eigenvalue weighted by molar-refractivity contribution is 7.18. The minimum atomic E-state index is 0.628. The van der Waals surface area contributed by atoms with Crippen LogP contribution in [0.4, 0.5) is 5.82 Å². The van der Waals surface area contributed by atoms with Gasteiger partial charge in [-0.3, -0.25) is 4.90 Å². The zero-order valence-electron chi connectivity index (χ0n) is 13.0. The van der Waals surface area contributed by atoms with Crippen LogP contribution in [0.1, 0.15) is 18.4 Å². The van der Waals surface area contributed by atoms with Crippen LogP contribution in [0.25, 0.3) is 10.2 Å². The van der Waals surface area contributed by atoms with Crippen molar-refractivity contribution in [3.05, 3.63) is 17.3 Å². The fourth-order valence-electron chi connectivity index (χ4n) is 3.57. The van der Waals surface area contributed by atoms with Gasteiger partial charge >= 0.3 is 0 Å².